The van der Waals surface area contributed by atoms with Crippen LogP contribution in [0.1, 0.15) is 26.7 Å². The van der Waals surface area contributed by atoms with Crippen molar-refractivity contribution in [2.24, 2.45) is 17.6 Å². The quantitative estimate of drug-likeness (QED) is 0.606. The van der Waals surface area contributed by atoms with Crippen molar-refractivity contribution in [3.8, 4) is 0 Å². The van der Waals surface area contributed by atoms with Gasteiger partial charge < -0.3 is 10.8 Å². The normalized spacial score (nSPS) is 14.1. The van der Waals surface area contributed by atoms with Gasteiger partial charge in [-0.3, -0.25) is 0 Å². The van der Waals surface area contributed by atoms with E-state index in [1.807, 2.05) is 0 Å². The summed E-state index contributed by atoms with van der Waals surface area (Å²) in [6, 6.07) is 0. The fourth-order valence-corrected chi connectivity index (χ4v) is 1.18. The molecule has 0 rings (SSSR count). The van der Waals surface area contributed by atoms with Crippen molar-refractivity contribution in [1.82, 2.24) is 0 Å². The highest BCUT2D eigenvalue weighted by Crippen LogP contribution is 2.12. The second kappa shape index (κ2) is 5.69. The third-order valence-electron chi connectivity index (χ3n) is 1.68. The molecule has 0 aromatic carbocycles. The monoisotopic (exact) mass is 145 g/mol. The van der Waals surface area contributed by atoms with Crippen molar-refractivity contribution in [2.45, 2.75) is 26.7 Å². The maximum atomic E-state index is 8.63. The molecule has 0 amide bonds. The van der Waals surface area contributed by atoms with Gasteiger partial charge in [-0.05, 0) is 31.2 Å². The van der Waals surface area contributed by atoms with Gasteiger partial charge in [0.05, 0.1) is 0 Å². The SMILES string of the molecule is CC(C)C[C@H](CN)CCO. The van der Waals surface area contributed by atoms with Gasteiger partial charge in [0.25, 0.3) is 0 Å². The van der Waals surface area contributed by atoms with Crippen LogP contribution in [0.15, 0.2) is 0 Å². The van der Waals surface area contributed by atoms with Crippen molar-refractivity contribution >= 4 is 0 Å². The maximum Gasteiger partial charge on any atom is 0.0434 e. The minimum absolute atomic E-state index is 0.272. The van der Waals surface area contributed by atoms with E-state index in [9.17, 15) is 0 Å². The first-order valence-corrected chi connectivity index (χ1v) is 4.01. The molecule has 0 aliphatic carbocycles. The molecule has 0 saturated carbocycles. The van der Waals surface area contributed by atoms with Gasteiger partial charge in [0, 0.05) is 6.61 Å². The van der Waals surface area contributed by atoms with E-state index in [-0.39, 0.29) is 6.61 Å². The summed E-state index contributed by atoms with van der Waals surface area (Å²) in [6.45, 7) is 5.34. The Kier molecular flexibility index (Phi) is 5.64. The molecule has 2 heteroatoms. The Morgan fingerprint density at radius 2 is 2.00 bits per heavy atom. The minimum atomic E-state index is 0.272. The van der Waals surface area contributed by atoms with Gasteiger partial charge >= 0.3 is 0 Å². The Morgan fingerprint density at radius 3 is 2.30 bits per heavy atom. The molecule has 0 heterocycles. The van der Waals surface area contributed by atoms with Gasteiger partial charge in [0.15, 0.2) is 0 Å². The lowest BCUT2D eigenvalue weighted by molar-refractivity contribution is 0.245. The highest BCUT2D eigenvalue weighted by Gasteiger charge is 2.07. The molecule has 0 fully saturated rings. The molecule has 62 valence electrons. The Morgan fingerprint density at radius 1 is 1.40 bits per heavy atom. The summed E-state index contributed by atoms with van der Waals surface area (Å²) < 4.78 is 0. The van der Waals surface area contributed by atoms with Gasteiger partial charge in [0.1, 0.15) is 0 Å². The largest absolute Gasteiger partial charge is 0.396 e. The highest BCUT2D eigenvalue weighted by atomic mass is 16.3. The number of aliphatic hydroxyl groups excluding tert-OH is 1. The smallest absolute Gasteiger partial charge is 0.0434 e. The average Bonchev–Trinajstić information content (AvgIpc) is 1.86. The van der Waals surface area contributed by atoms with Gasteiger partial charge in [-0.15, -0.1) is 0 Å². The summed E-state index contributed by atoms with van der Waals surface area (Å²) in [5.74, 6) is 1.21. The lowest BCUT2D eigenvalue weighted by Gasteiger charge is -2.14. The molecule has 0 aromatic heterocycles. The molecular formula is C8H19NO. The Labute approximate surface area is 63.4 Å². The third-order valence-corrected chi connectivity index (χ3v) is 1.68. The third kappa shape index (κ3) is 4.77. The van der Waals surface area contributed by atoms with E-state index < -0.39 is 0 Å². The fraction of sp³-hybridized carbons (Fsp3) is 1.00. The molecule has 0 unspecified atom stereocenters. The van der Waals surface area contributed by atoms with Gasteiger partial charge in [0.2, 0.25) is 0 Å². The van der Waals surface area contributed by atoms with Gasteiger partial charge in [-0.1, -0.05) is 13.8 Å². The first kappa shape index (κ1) is 9.92. The summed E-state index contributed by atoms with van der Waals surface area (Å²) in [6.07, 6.45) is 1.99. The van der Waals surface area contributed by atoms with Crippen molar-refractivity contribution in [3.63, 3.8) is 0 Å². The average molecular weight is 145 g/mol. The molecule has 10 heavy (non-hydrogen) atoms. The van der Waals surface area contributed by atoms with Gasteiger partial charge in [-0.25, -0.2) is 0 Å². The van der Waals surface area contributed by atoms with E-state index in [0.717, 1.165) is 12.8 Å². The van der Waals surface area contributed by atoms with E-state index >= 15 is 0 Å². The summed E-state index contributed by atoms with van der Waals surface area (Å²) in [5, 5.41) is 8.63. The minimum Gasteiger partial charge on any atom is -0.396 e. The molecule has 0 radical (unpaired) electrons. The zero-order chi connectivity index (χ0) is 7.98. The van der Waals surface area contributed by atoms with Crippen molar-refractivity contribution in [2.75, 3.05) is 13.2 Å². The molecule has 0 aromatic rings. The summed E-state index contributed by atoms with van der Waals surface area (Å²) >= 11 is 0. The molecule has 1 atom stereocenters. The Balaban J connectivity index is 3.39. The lowest BCUT2D eigenvalue weighted by Crippen LogP contribution is -2.17. The van der Waals surface area contributed by atoms with Crippen LogP contribution in [0.3, 0.4) is 0 Å². The number of aliphatic hydroxyl groups is 1. The van der Waals surface area contributed by atoms with Crippen LogP contribution in [0.25, 0.3) is 0 Å². The Bertz CT molecular complexity index is 73.7. The molecule has 0 bridgehead atoms. The van der Waals surface area contributed by atoms with E-state index in [0.29, 0.717) is 18.4 Å². The van der Waals surface area contributed by atoms with Crippen molar-refractivity contribution in [3.05, 3.63) is 0 Å². The molecule has 0 aliphatic rings. The van der Waals surface area contributed by atoms with E-state index in [4.69, 9.17) is 10.8 Å². The van der Waals surface area contributed by atoms with E-state index in [1.165, 1.54) is 0 Å². The number of hydrogen-bond donors (Lipinski definition) is 2. The zero-order valence-electron chi connectivity index (χ0n) is 7.01. The molecule has 2 nitrogen and oxygen atoms in total. The second-order valence-corrected chi connectivity index (χ2v) is 3.24. The van der Waals surface area contributed by atoms with Crippen LogP contribution in [0.2, 0.25) is 0 Å². The van der Waals surface area contributed by atoms with Crippen molar-refractivity contribution < 1.29 is 5.11 Å². The second-order valence-electron chi connectivity index (χ2n) is 3.24. The predicted molar refractivity (Wildman–Crippen MR) is 43.7 cm³/mol. The fourth-order valence-electron chi connectivity index (χ4n) is 1.18. The molecular weight excluding hydrogens is 126 g/mol. The molecule has 0 saturated heterocycles. The molecule has 0 spiro atoms. The first-order chi connectivity index (χ1) is 4.70. The van der Waals surface area contributed by atoms with E-state index in [2.05, 4.69) is 13.8 Å². The van der Waals surface area contributed by atoms with Gasteiger partial charge in [-0.2, -0.15) is 0 Å². The topological polar surface area (TPSA) is 46.2 Å². The first-order valence-electron chi connectivity index (χ1n) is 4.01. The predicted octanol–water partition coefficient (Wildman–Crippen LogP) is 0.990. The van der Waals surface area contributed by atoms with Crippen LogP contribution in [-0.4, -0.2) is 18.3 Å². The van der Waals surface area contributed by atoms with Crippen LogP contribution >= 0.6 is 0 Å². The molecule has 0 aliphatic heterocycles. The van der Waals surface area contributed by atoms with Crippen LogP contribution in [0.5, 0.6) is 0 Å². The summed E-state index contributed by atoms with van der Waals surface area (Å²) in [7, 11) is 0. The summed E-state index contributed by atoms with van der Waals surface area (Å²) in [4.78, 5) is 0. The Hall–Kier alpha value is -0.0800. The summed E-state index contributed by atoms with van der Waals surface area (Å²) in [5.41, 5.74) is 5.50. The number of rotatable bonds is 5. The van der Waals surface area contributed by atoms with Crippen LogP contribution in [0, 0.1) is 11.8 Å². The van der Waals surface area contributed by atoms with Crippen LogP contribution < -0.4 is 5.73 Å². The number of hydrogen-bond acceptors (Lipinski definition) is 2. The van der Waals surface area contributed by atoms with Crippen LogP contribution in [0.4, 0.5) is 0 Å². The highest BCUT2D eigenvalue weighted by molar-refractivity contribution is 4.61. The zero-order valence-corrected chi connectivity index (χ0v) is 7.01. The number of nitrogens with two attached hydrogens (primary N) is 1. The van der Waals surface area contributed by atoms with E-state index in [1.54, 1.807) is 0 Å². The standard InChI is InChI=1S/C8H19NO/c1-7(2)5-8(6-9)3-4-10/h7-8,10H,3-6,9H2,1-2H3/t8-/m1/s1. The molecule has 3 N–H and O–H groups in total. The van der Waals surface area contributed by atoms with Crippen molar-refractivity contribution in [1.29, 1.82) is 0 Å². The van der Waals surface area contributed by atoms with Crippen LogP contribution in [-0.2, 0) is 0 Å². The lowest BCUT2D eigenvalue weighted by atomic mass is 9.95. The maximum absolute atomic E-state index is 8.63.